The van der Waals surface area contributed by atoms with Crippen LogP contribution in [-0.4, -0.2) is 47.1 Å². The van der Waals surface area contributed by atoms with Crippen molar-refractivity contribution in [1.29, 1.82) is 0 Å². The van der Waals surface area contributed by atoms with E-state index in [1.54, 1.807) is 37.2 Å². The van der Waals surface area contributed by atoms with Gasteiger partial charge in [0.15, 0.2) is 0 Å². The van der Waals surface area contributed by atoms with Gasteiger partial charge in [-0.2, -0.15) is 0 Å². The van der Waals surface area contributed by atoms with Gasteiger partial charge in [0.2, 0.25) is 0 Å². The van der Waals surface area contributed by atoms with E-state index in [2.05, 4.69) is 15.8 Å². The second-order valence-electron chi connectivity index (χ2n) is 3.93. The Morgan fingerprint density at radius 1 is 1.59 bits per heavy atom. The Morgan fingerprint density at radius 2 is 2.35 bits per heavy atom. The third kappa shape index (κ3) is 5.84. The largest absolute Gasteiger partial charge is 0.392 e. The third-order valence-corrected chi connectivity index (χ3v) is 1.98. The number of rotatable bonds is 6. The molecule has 0 aliphatic heterocycles. The van der Waals surface area contributed by atoms with Crippen LogP contribution in [0.25, 0.3) is 0 Å². The number of aromatic nitrogens is 1. The highest BCUT2D eigenvalue weighted by molar-refractivity contribution is 5.79. The Balaban J connectivity index is 2.26. The van der Waals surface area contributed by atoms with Gasteiger partial charge in [-0.3, -0.25) is 20.5 Å². The number of hydrogen-bond acceptors (Lipinski definition) is 5. The van der Waals surface area contributed by atoms with E-state index < -0.39 is 6.10 Å². The molecular formula is C11H18N4O2. The first-order valence-corrected chi connectivity index (χ1v) is 5.40. The van der Waals surface area contributed by atoms with Crippen molar-refractivity contribution in [3.63, 3.8) is 0 Å². The first-order chi connectivity index (χ1) is 8.08. The Labute approximate surface area is 101 Å². The average Bonchev–Trinajstić information content (AvgIpc) is 2.26. The number of nitrogens with one attached hydrogen (secondary N) is 2. The molecule has 0 saturated heterocycles. The molecule has 0 aromatic carbocycles. The molecule has 6 nitrogen and oxygen atoms in total. The molecule has 1 heterocycles. The maximum atomic E-state index is 11.5. The lowest BCUT2D eigenvalue weighted by Gasteiger charge is -2.17. The minimum absolute atomic E-state index is 0.182. The Morgan fingerprint density at radius 3 is 2.94 bits per heavy atom. The number of hydrogen-bond donors (Lipinski definition) is 3. The minimum atomic E-state index is -0.448. The summed E-state index contributed by atoms with van der Waals surface area (Å²) in [4.78, 5) is 17.2. The van der Waals surface area contributed by atoms with Crippen molar-refractivity contribution >= 4 is 11.7 Å². The number of pyridine rings is 1. The van der Waals surface area contributed by atoms with Crippen LogP contribution in [0.3, 0.4) is 0 Å². The summed E-state index contributed by atoms with van der Waals surface area (Å²) in [6, 6.07) is 5.37. The van der Waals surface area contributed by atoms with Crippen LogP contribution >= 0.6 is 0 Å². The number of likely N-dealkylation sites (N-methyl/N-ethyl adjacent to an activating group) is 1. The van der Waals surface area contributed by atoms with Gasteiger partial charge >= 0.3 is 0 Å². The first-order valence-electron chi connectivity index (χ1n) is 5.40. The van der Waals surface area contributed by atoms with Crippen LogP contribution in [0.5, 0.6) is 0 Å². The summed E-state index contributed by atoms with van der Waals surface area (Å²) >= 11 is 0. The van der Waals surface area contributed by atoms with Crippen molar-refractivity contribution in [3.05, 3.63) is 24.4 Å². The predicted octanol–water partition coefficient (Wildman–Crippen LogP) is -0.163. The van der Waals surface area contributed by atoms with Crippen molar-refractivity contribution in [2.75, 3.05) is 25.6 Å². The molecule has 0 bridgehead atoms. The van der Waals surface area contributed by atoms with Crippen LogP contribution in [0.4, 0.5) is 5.82 Å². The molecule has 0 aliphatic carbocycles. The van der Waals surface area contributed by atoms with E-state index >= 15 is 0 Å². The summed E-state index contributed by atoms with van der Waals surface area (Å²) in [5.41, 5.74) is 5.23. The zero-order valence-corrected chi connectivity index (χ0v) is 10.1. The molecule has 0 spiro atoms. The number of carbonyl (C=O) groups is 1. The second-order valence-corrected chi connectivity index (χ2v) is 3.93. The van der Waals surface area contributed by atoms with Crippen molar-refractivity contribution in [2.24, 2.45) is 0 Å². The number of aliphatic hydroxyl groups is 1. The van der Waals surface area contributed by atoms with Crippen LogP contribution < -0.4 is 10.9 Å². The lowest BCUT2D eigenvalue weighted by Crippen LogP contribution is -2.40. The lowest BCUT2D eigenvalue weighted by molar-refractivity contribution is -0.121. The number of anilines is 1. The first kappa shape index (κ1) is 13.4. The van der Waals surface area contributed by atoms with E-state index in [0.29, 0.717) is 12.4 Å². The predicted molar refractivity (Wildman–Crippen MR) is 65.2 cm³/mol. The molecule has 1 atom stereocenters. The second kappa shape index (κ2) is 6.82. The monoisotopic (exact) mass is 238 g/mol. The molecule has 94 valence electrons. The smallest absolute Gasteiger partial charge is 0.252 e. The van der Waals surface area contributed by atoms with E-state index in [4.69, 9.17) is 5.11 Å². The molecule has 17 heavy (non-hydrogen) atoms. The highest BCUT2D eigenvalue weighted by Gasteiger charge is 2.08. The lowest BCUT2D eigenvalue weighted by atomic mass is 10.4. The molecule has 1 aromatic rings. The molecule has 3 N–H and O–H groups in total. The topological polar surface area (TPSA) is 77.5 Å². The minimum Gasteiger partial charge on any atom is -0.392 e. The molecular weight excluding hydrogens is 220 g/mol. The maximum absolute atomic E-state index is 11.5. The SMILES string of the molecule is CC(O)CN(C)CC(=O)NNc1ccccn1. The molecule has 0 saturated carbocycles. The molecule has 0 fully saturated rings. The van der Waals surface area contributed by atoms with Crippen molar-refractivity contribution in [2.45, 2.75) is 13.0 Å². The number of aliphatic hydroxyl groups excluding tert-OH is 1. The van der Waals surface area contributed by atoms with Crippen molar-refractivity contribution < 1.29 is 9.90 Å². The van der Waals surface area contributed by atoms with Gasteiger partial charge in [0, 0.05) is 12.7 Å². The van der Waals surface area contributed by atoms with E-state index in [9.17, 15) is 4.79 Å². The number of carbonyl (C=O) groups excluding carboxylic acids is 1. The Hall–Kier alpha value is -1.66. The normalized spacial score (nSPS) is 12.2. The average molecular weight is 238 g/mol. The van der Waals surface area contributed by atoms with Gasteiger partial charge in [0.25, 0.3) is 5.91 Å². The van der Waals surface area contributed by atoms with Gasteiger partial charge in [-0.25, -0.2) is 4.98 Å². The summed E-state index contributed by atoms with van der Waals surface area (Å²) in [7, 11) is 1.77. The van der Waals surface area contributed by atoms with Crippen LogP contribution in [0.1, 0.15) is 6.92 Å². The fourth-order valence-corrected chi connectivity index (χ4v) is 1.37. The van der Waals surface area contributed by atoms with E-state index in [0.717, 1.165) is 0 Å². The van der Waals surface area contributed by atoms with Crippen molar-refractivity contribution in [3.8, 4) is 0 Å². The summed E-state index contributed by atoms with van der Waals surface area (Å²) in [6.07, 6.45) is 1.19. The molecule has 0 aliphatic rings. The quantitative estimate of drug-likeness (QED) is 0.600. The molecule has 0 radical (unpaired) electrons. The Bertz CT molecular complexity index is 343. The molecule has 6 heteroatoms. The number of nitrogens with zero attached hydrogens (tertiary/aromatic N) is 2. The zero-order chi connectivity index (χ0) is 12.7. The number of amides is 1. The molecule has 1 unspecified atom stereocenters. The van der Waals surface area contributed by atoms with Gasteiger partial charge in [0.05, 0.1) is 12.6 Å². The van der Waals surface area contributed by atoms with Gasteiger partial charge in [-0.05, 0) is 26.1 Å². The highest BCUT2D eigenvalue weighted by Crippen LogP contribution is 1.96. The van der Waals surface area contributed by atoms with Crippen LogP contribution in [-0.2, 0) is 4.79 Å². The van der Waals surface area contributed by atoms with E-state index in [1.165, 1.54) is 0 Å². The summed E-state index contributed by atoms with van der Waals surface area (Å²) in [6.45, 7) is 2.35. The van der Waals surface area contributed by atoms with Crippen LogP contribution in [0, 0.1) is 0 Å². The maximum Gasteiger partial charge on any atom is 0.252 e. The zero-order valence-electron chi connectivity index (χ0n) is 10.1. The Kier molecular flexibility index (Phi) is 5.38. The van der Waals surface area contributed by atoms with Gasteiger partial charge < -0.3 is 5.11 Å². The van der Waals surface area contributed by atoms with Crippen LogP contribution in [0.2, 0.25) is 0 Å². The highest BCUT2D eigenvalue weighted by atomic mass is 16.3. The molecule has 1 aromatic heterocycles. The fourth-order valence-electron chi connectivity index (χ4n) is 1.37. The number of hydrazine groups is 1. The van der Waals surface area contributed by atoms with Gasteiger partial charge in [0.1, 0.15) is 5.82 Å². The van der Waals surface area contributed by atoms with E-state index in [-0.39, 0.29) is 12.5 Å². The summed E-state index contributed by atoms with van der Waals surface area (Å²) in [5, 5.41) is 9.14. The van der Waals surface area contributed by atoms with Gasteiger partial charge in [-0.1, -0.05) is 6.07 Å². The van der Waals surface area contributed by atoms with E-state index in [1.807, 2.05) is 6.07 Å². The fraction of sp³-hybridized carbons (Fsp3) is 0.455. The summed E-state index contributed by atoms with van der Waals surface area (Å²) in [5.74, 6) is 0.401. The van der Waals surface area contributed by atoms with Gasteiger partial charge in [-0.15, -0.1) is 0 Å². The standard InChI is InChI=1S/C11H18N4O2/c1-9(16)7-15(2)8-11(17)14-13-10-5-3-4-6-12-10/h3-6,9,16H,7-8H2,1-2H3,(H,12,13)(H,14,17). The van der Waals surface area contributed by atoms with Crippen molar-refractivity contribution in [1.82, 2.24) is 15.3 Å². The van der Waals surface area contributed by atoms with Crippen LogP contribution in [0.15, 0.2) is 24.4 Å². The third-order valence-electron chi connectivity index (χ3n) is 1.98. The molecule has 1 amide bonds. The summed E-state index contributed by atoms with van der Waals surface area (Å²) < 4.78 is 0. The molecule has 1 rings (SSSR count).